The van der Waals surface area contributed by atoms with E-state index >= 15 is 0 Å². The third-order valence-electron chi connectivity index (χ3n) is 2.47. The molecule has 1 aliphatic rings. The molecule has 2 nitrogen and oxygen atoms in total. The first-order valence-corrected chi connectivity index (χ1v) is 4.48. The van der Waals surface area contributed by atoms with E-state index in [1.807, 2.05) is 6.21 Å². The van der Waals surface area contributed by atoms with Crippen LogP contribution in [-0.4, -0.2) is 6.21 Å². The molecule has 0 amide bonds. The second-order valence-corrected chi connectivity index (χ2v) is 3.68. The van der Waals surface area contributed by atoms with E-state index in [0.29, 0.717) is 0 Å². The lowest BCUT2D eigenvalue weighted by Gasteiger charge is -2.21. The maximum atomic E-state index is 5.34. The molecule has 0 radical (unpaired) electrons. The molecule has 0 aromatic heterocycles. The van der Waals surface area contributed by atoms with Crippen LogP contribution in [0.25, 0.3) is 0 Å². The number of benzene rings is 1. The number of aryl methyl sites for hydroxylation is 1. The number of hydrogen-bond donors (Lipinski definition) is 0. The van der Waals surface area contributed by atoms with Gasteiger partial charge in [-0.25, -0.2) is 0 Å². The van der Waals surface area contributed by atoms with Crippen LogP contribution in [0.1, 0.15) is 24.5 Å². The van der Waals surface area contributed by atoms with Gasteiger partial charge in [-0.3, -0.25) is 0 Å². The standard InChI is InChI=1S/C11H13NO/c1-9-3-5-10(6-4-9)11(2)7-8-12-13-11/h3-6,8H,7H2,1-2H3. The molecular formula is C11H13NO. The summed E-state index contributed by atoms with van der Waals surface area (Å²) in [5.41, 5.74) is 2.22. The molecule has 1 atom stereocenters. The van der Waals surface area contributed by atoms with Gasteiger partial charge in [0.25, 0.3) is 0 Å². The van der Waals surface area contributed by atoms with E-state index in [1.54, 1.807) is 0 Å². The van der Waals surface area contributed by atoms with Gasteiger partial charge in [0.1, 0.15) is 0 Å². The highest BCUT2D eigenvalue weighted by Crippen LogP contribution is 2.31. The number of rotatable bonds is 1. The summed E-state index contributed by atoms with van der Waals surface area (Å²) in [6.07, 6.45) is 2.68. The normalized spacial score (nSPS) is 26.0. The molecule has 1 unspecified atom stereocenters. The average molecular weight is 175 g/mol. The molecule has 0 N–H and O–H groups in total. The molecule has 0 bridgehead atoms. The maximum absolute atomic E-state index is 5.34. The average Bonchev–Trinajstić information content (AvgIpc) is 2.54. The molecule has 68 valence electrons. The van der Waals surface area contributed by atoms with Crippen molar-refractivity contribution in [3.05, 3.63) is 35.4 Å². The fourth-order valence-corrected chi connectivity index (χ4v) is 1.48. The molecule has 1 aliphatic heterocycles. The molecule has 1 heterocycles. The van der Waals surface area contributed by atoms with Gasteiger partial charge in [0.05, 0.1) is 0 Å². The van der Waals surface area contributed by atoms with Gasteiger partial charge in [-0.1, -0.05) is 35.0 Å². The first kappa shape index (κ1) is 8.30. The highest BCUT2D eigenvalue weighted by atomic mass is 16.7. The first-order valence-electron chi connectivity index (χ1n) is 4.48. The minimum atomic E-state index is -0.242. The summed E-state index contributed by atoms with van der Waals surface area (Å²) >= 11 is 0. The summed E-state index contributed by atoms with van der Waals surface area (Å²) < 4.78 is 0. The van der Waals surface area contributed by atoms with Crippen LogP contribution < -0.4 is 0 Å². The maximum Gasteiger partial charge on any atom is 0.164 e. The van der Waals surface area contributed by atoms with Crippen molar-refractivity contribution in [3.63, 3.8) is 0 Å². The van der Waals surface area contributed by atoms with Crippen LogP contribution in [0.15, 0.2) is 29.4 Å². The Bertz CT molecular complexity index is 318. The SMILES string of the molecule is Cc1ccc(C2(C)CC=NO2)cc1. The quantitative estimate of drug-likeness (QED) is 0.643. The van der Waals surface area contributed by atoms with Crippen LogP contribution in [-0.2, 0) is 10.4 Å². The molecule has 1 aromatic rings. The minimum Gasteiger partial charge on any atom is -0.385 e. The summed E-state index contributed by atoms with van der Waals surface area (Å²) in [4.78, 5) is 5.34. The van der Waals surface area contributed by atoms with Crippen LogP contribution in [0.3, 0.4) is 0 Å². The number of nitrogens with zero attached hydrogens (tertiary/aromatic N) is 1. The molecule has 0 saturated carbocycles. The zero-order chi connectivity index (χ0) is 9.31. The van der Waals surface area contributed by atoms with Crippen molar-refractivity contribution in [1.29, 1.82) is 0 Å². The zero-order valence-electron chi connectivity index (χ0n) is 7.95. The Morgan fingerprint density at radius 3 is 2.54 bits per heavy atom. The van der Waals surface area contributed by atoms with Gasteiger partial charge in [-0.2, -0.15) is 0 Å². The van der Waals surface area contributed by atoms with E-state index < -0.39 is 0 Å². The van der Waals surface area contributed by atoms with Gasteiger partial charge < -0.3 is 4.84 Å². The van der Waals surface area contributed by atoms with Gasteiger partial charge in [-0.15, -0.1) is 0 Å². The summed E-state index contributed by atoms with van der Waals surface area (Å²) in [7, 11) is 0. The van der Waals surface area contributed by atoms with Crippen LogP contribution in [0.4, 0.5) is 0 Å². The summed E-state index contributed by atoms with van der Waals surface area (Å²) in [5, 5.41) is 3.81. The van der Waals surface area contributed by atoms with Crippen molar-refractivity contribution in [2.24, 2.45) is 5.16 Å². The van der Waals surface area contributed by atoms with Crippen LogP contribution in [0, 0.1) is 6.92 Å². The monoisotopic (exact) mass is 175 g/mol. The van der Waals surface area contributed by atoms with Gasteiger partial charge >= 0.3 is 0 Å². The highest BCUT2D eigenvalue weighted by molar-refractivity contribution is 5.60. The Labute approximate surface area is 78.2 Å². The smallest absolute Gasteiger partial charge is 0.164 e. The predicted molar refractivity (Wildman–Crippen MR) is 52.7 cm³/mol. The predicted octanol–water partition coefficient (Wildman–Crippen LogP) is 2.62. The second-order valence-electron chi connectivity index (χ2n) is 3.68. The van der Waals surface area contributed by atoms with Gasteiger partial charge in [0.2, 0.25) is 0 Å². The Morgan fingerprint density at radius 1 is 1.31 bits per heavy atom. The zero-order valence-corrected chi connectivity index (χ0v) is 7.95. The number of hydrogen-bond acceptors (Lipinski definition) is 2. The van der Waals surface area contributed by atoms with Gasteiger partial charge in [0.15, 0.2) is 5.60 Å². The lowest BCUT2D eigenvalue weighted by molar-refractivity contribution is -0.00738. The van der Waals surface area contributed by atoms with E-state index in [0.717, 1.165) is 6.42 Å². The molecule has 0 spiro atoms. The van der Waals surface area contributed by atoms with Gasteiger partial charge in [-0.05, 0) is 19.4 Å². The van der Waals surface area contributed by atoms with E-state index in [9.17, 15) is 0 Å². The highest BCUT2D eigenvalue weighted by Gasteiger charge is 2.31. The molecular weight excluding hydrogens is 162 g/mol. The van der Waals surface area contributed by atoms with Crippen LogP contribution >= 0.6 is 0 Å². The molecule has 2 rings (SSSR count). The van der Waals surface area contributed by atoms with Gasteiger partial charge in [0, 0.05) is 12.6 Å². The fraction of sp³-hybridized carbons (Fsp3) is 0.364. The number of oxime groups is 1. The summed E-state index contributed by atoms with van der Waals surface area (Å²) in [5.74, 6) is 0. The van der Waals surface area contributed by atoms with E-state index in [4.69, 9.17) is 4.84 Å². The Hall–Kier alpha value is -1.31. The van der Waals surface area contributed by atoms with Crippen molar-refractivity contribution >= 4 is 6.21 Å². The fourth-order valence-electron chi connectivity index (χ4n) is 1.48. The van der Waals surface area contributed by atoms with Crippen molar-refractivity contribution < 1.29 is 4.84 Å². The van der Waals surface area contributed by atoms with Crippen LogP contribution in [0.2, 0.25) is 0 Å². The molecule has 0 aliphatic carbocycles. The lowest BCUT2D eigenvalue weighted by Crippen LogP contribution is -2.19. The lowest BCUT2D eigenvalue weighted by atomic mass is 9.93. The van der Waals surface area contributed by atoms with Crippen LogP contribution in [0.5, 0.6) is 0 Å². The third kappa shape index (κ3) is 1.44. The Morgan fingerprint density at radius 2 is 2.00 bits per heavy atom. The largest absolute Gasteiger partial charge is 0.385 e. The third-order valence-corrected chi connectivity index (χ3v) is 2.47. The molecule has 0 saturated heterocycles. The molecule has 2 heteroatoms. The molecule has 13 heavy (non-hydrogen) atoms. The second kappa shape index (κ2) is 2.87. The van der Waals surface area contributed by atoms with Crippen molar-refractivity contribution in [2.45, 2.75) is 25.9 Å². The first-order chi connectivity index (χ1) is 6.21. The van der Waals surface area contributed by atoms with Crippen molar-refractivity contribution in [1.82, 2.24) is 0 Å². The van der Waals surface area contributed by atoms with E-state index in [-0.39, 0.29) is 5.60 Å². The summed E-state index contributed by atoms with van der Waals surface area (Å²) in [6, 6.07) is 8.40. The van der Waals surface area contributed by atoms with E-state index in [1.165, 1.54) is 11.1 Å². The Kier molecular flexibility index (Phi) is 1.83. The van der Waals surface area contributed by atoms with Crippen molar-refractivity contribution in [2.75, 3.05) is 0 Å². The Balaban J connectivity index is 2.30. The summed E-state index contributed by atoms with van der Waals surface area (Å²) in [6.45, 7) is 4.14. The van der Waals surface area contributed by atoms with E-state index in [2.05, 4.69) is 43.3 Å². The van der Waals surface area contributed by atoms with Crippen molar-refractivity contribution in [3.8, 4) is 0 Å². The molecule has 1 aromatic carbocycles. The minimum absolute atomic E-state index is 0.242. The molecule has 0 fully saturated rings. The topological polar surface area (TPSA) is 21.6 Å².